The summed E-state index contributed by atoms with van der Waals surface area (Å²) in [6, 6.07) is 4.68. The fourth-order valence-corrected chi connectivity index (χ4v) is 4.64. The van der Waals surface area contributed by atoms with Gasteiger partial charge in [-0.25, -0.2) is 4.39 Å². The molecule has 0 saturated carbocycles. The molecule has 0 radical (unpaired) electrons. The summed E-state index contributed by atoms with van der Waals surface area (Å²) in [7, 11) is -0.827. The van der Waals surface area contributed by atoms with Crippen LogP contribution in [0.1, 0.15) is 0 Å². The average molecular weight is 333 g/mol. The van der Waals surface area contributed by atoms with Crippen LogP contribution >= 0.6 is 11.8 Å². The molecule has 1 aromatic rings. The van der Waals surface area contributed by atoms with Crippen LogP contribution in [-0.2, 0) is 15.0 Å². The van der Waals surface area contributed by atoms with E-state index in [4.69, 9.17) is 0 Å². The van der Waals surface area contributed by atoms with Gasteiger partial charge in [0.25, 0.3) is 10.2 Å². The third kappa shape index (κ3) is 3.54. The normalized spacial score (nSPS) is 19.9. The molecule has 116 valence electrons. The number of carbonyl (C=O) groups excluding carboxylic acids is 1. The lowest BCUT2D eigenvalue weighted by atomic mass is 10.2. The first kappa shape index (κ1) is 16.2. The number of benzene rings is 1. The Kier molecular flexibility index (Phi) is 4.87. The fraction of sp³-hybridized carbons (Fsp3) is 0.417. The summed E-state index contributed by atoms with van der Waals surface area (Å²) in [4.78, 5) is 12.2. The van der Waals surface area contributed by atoms with Crippen LogP contribution in [0.25, 0.3) is 0 Å². The predicted octanol–water partition coefficient (Wildman–Crippen LogP) is 0.945. The number of thioether (sulfide) groups is 1. The lowest BCUT2D eigenvalue weighted by Gasteiger charge is -2.25. The number of hydrogen-bond acceptors (Lipinski definition) is 4. The Labute approximate surface area is 127 Å². The number of nitrogens with one attached hydrogen (secondary N) is 1. The number of anilines is 1. The maximum atomic E-state index is 13.1. The van der Waals surface area contributed by atoms with Crippen molar-refractivity contribution in [3.8, 4) is 0 Å². The number of rotatable bonds is 4. The van der Waals surface area contributed by atoms with Crippen LogP contribution in [0.3, 0.4) is 0 Å². The van der Waals surface area contributed by atoms with Crippen LogP contribution < -0.4 is 5.32 Å². The van der Waals surface area contributed by atoms with Crippen molar-refractivity contribution in [2.24, 2.45) is 0 Å². The van der Waals surface area contributed by atoms with E-state index in [0.717, 1.165) is 8.61 Å². The smallest absolute Gasteiger partial charge is 0.282 e. The minimum absolute atomic E-state index is 0.224. The Morgan fingerprint density at radius 2 is 2.19 bits per heavy atom. The van der Waals surface area contributed by atoms with Crippen molar-refractivity contribution in [2.75, 3.05) is 31.0 Å². The maximum Gasteiger partial charge on any atom is 0.282 e. The van der Waals surface area contributed by atoms with Crippen molar-refractivity contribution >= 4 is 33.6 Å². The van der Waals surface area contributed by atoms with Crippen molar-refractivity contribution in [3.63, 3.8) is 0 Å². The zero-order valence-electron chi connectivity index (χ0n) is 11.6. The van der Waals surface area contributed by atoms with Crippen molar-refractivity contribution in [1.29, 1.82) is 0 Å². The van der Waals surface area contributed by atoms with Crippen LogP contribution in [0.4, 0.5) is 10.1 Å². The zero-order chi connectivity index (χ0) is 15.6. The summed E-state index contributed by atoms with van der Waals surface area (Å²) >= 11 is 1.36. The zero-order valence-corrected chi connectivity index (χ0v) is 13.2. The molecule has 1 aromatic carbocycles. The molecule has 0 spiro atoms. The molecule has 2 rings (SSSR count). The molecule has 1 fully saturated rings. The minimum atomic E-state index is -3.66. The Morgan fingerprint density at radius 1 is 1.48 bits per heavy atom. The molecular formula is C12H16FN3O3S2. The molecule has 1 heterocycles. The van der Waals surface area contributed by atoms with Gasteiger partial charge < -0.3 is 5.32 Å². The third-order valence-corrected chi connectivity index (χ3v) is 6.07. The molecule has 0 aliphatic carbocycles. The highest BCUT2D eigenvalue weighted by molar-refractivity contribution is 8.00. The van der Waals surface area contributed by atoms with E-state index in [1.165, 1.54) is 44.1 Å². The maximum absolute atomic E-state index is 13.1. The van der Waals surface area contributed by atoms with Crippen LogP contribution in [0.2, 0.25) is 0 Å². The SMILES string of the molecule is CN(C)S(=O)(=O)N1CSCC1C(=O)Nc1cccc(F)c1. The molecule has 1 unspecified atom stereocenters. The highest BCUT2D eigenvalue weighted by Crippen LogP contribution is 2.26. The van der Waals surface area contributed by atoms with Gasteiger partial charge in [0.15, 0.2) is 0 Å². The monoisotopic (exact) mass is 333 g/mol. The van der Waals surface area contributed by atoms with E-state index >= 15 is 0 Å². The van der Waals surface area contributed by atoms with E-state index in [9.17, 15) is 17.6 Å². The topological polar surface area (TPSA) is 69.7 Å². The minimum Gasteiger partial charge on any atom is -0.325 e. The molecule has 6 nitrogen and oxygen atoms in total. The van der Waals surface area contributed by atoms with E-state index in [1.807, 2.05) is 0 Å². The summed E-state index contributed by atoms with van der Waals surface area (Å²) in [5.41, 5.74) is 0.305. The Morgan fingerprint density at radius 3 is 2.81 bits per heavy atom. The molecule has 1 amide bonds. The van der Waals surface area contributed by atoms with Gasteiger partial charge in [0.05, 0.1) is 5.88 Å². The molecule has 0 bridgehead atoms. The van der Waals surface area contributed by atoms with E-state index in [0.29, 0.717) is 11.4 Å². The summed E-state index contributed by atoms with van der Waals surface area (Å²) < 4.78 is 39.6. The van der Waals surface area contributed by atoms with Crippen LogP contribution in [0.15, 0.2) is 24.3 Å². The van der Waals surface area contributed by atoms with Gasteiger partial charge in [0.1, 0.15) is 11.9 Å². The number of halogens is 1. The summed E-state index contributed by atoms with van der Waals surface area (Å²) in [5, 5.41) is 2.55. The van der Waals surface area contributed by atoms with Crippen molar-refractivity contribution in [1.82, 2.24) is 8.61 Å². The van der Waals surface area contributed by atoms with Gasteiger partial charge in [-0.2, -0.15) is 17.0 Å². The molecular weight excluding hydrogens is 317 g/mol. The first-order valence-electron chi connectivity index (χ1n) is 6.16. The molecule has 21 heavy (non-hydrogen) atoms. The Bertz CT molecular complexity index is 636. The van der Waals surface area contributed by atoms with Gasteiger partial charge in [0.2, 0.25) is 5.91 Å². The molecule has 9 heteroatoms. The van der Waals surface area contributed by atoms with Crippen LogP contribution in [0.5, 0.6) is 0 Å². The fourth-order valence-electron chi connectivity index (χ4n) is 1.86. The van der Waals surface area contributed by atoms with Crippen LogP contribution in [-0.4, -0.2) is 54.7 Å². The molecule has 1 saturated heterocycles. The second-order valence-corrected chi connectivity index (χ2v) is 7.79. The highest BCUT2D eigenvalue weighted by atomic mass is 32.2. The number of nitrogens with zero attached hydrogens (tertiary/aromatic N) is 2. The first-order chi connectivity index (χ1) is 9.82. The van der Waals surface area contributed by atoms with Crippen molar-refractivity contribution in [3.05, 3.63) is 30.1 Å². The highest BCUT2D eigenvalue weighted by Gasteiger charge is 2.40. The first-order valence-corrected chi connectivity index (χ1v) is 8.71. The van der Waals surface area contributed by atoms with Gasteiger partial charge in [-0.15, -0.1) is 11.8 Å². The van der Waals surface area contributed by atoms with E-state index in [1.54, 1.807) is 6.07 Å². The second kappa shape index (κ2) is 6.30. The number of carbonyl (C=O) groups is 1. The van der Waals surface area contributed by atoms with Gasteiger partial charge in [0, 0.05) is 25.5 Å². The largest absolute Gasteiger partial charge is 0.325 e. The molecule has 1 aliphatic heterocycles. The Balaban J connectivity index is 2.15. The Hall–Kier alpha value is -1.16. The quantitative estimate of drug-likeness (QED) is 0.890. The van der Waals surface area contributed by atoms with E-state index < -0.39 is 28.0 Å². The second-order valence-electron chi connectivity index (χ2n) is 4.69. The summed E-state index contributed by atoms with van der Waals surface area (Å²) in [6.07, 6.45) is 0. The summed E-state index contributed by atoms with van der Waals surface area (Å²) in [6.45, 7) is 0. The molecule has 1 aliphatic rings. The number of amides is 1. The van der Waals surface area contributed by atoms with E-state index in [-0.39, 0.29) is 5.88 Å². The molecule has 0 aromatic heterocycles. The van der Waals surface area contributed by atoms with Gasteiger partial charge in [-0.3, -0.25) is 4.79 Å². The van der Waals surface area contributed by atoms with Crippen LogP contribution in [0, 0.1) is 5.82 Å². The van der Waals surface area contributed by atoms with Gasteiger partial charge in [-0.1, -0.05) is 6.07 Å². The van der Waals surface area contributed by atoms with Crippen molar-refractivity contribution < 1.29 is 17.6 Å². The standard InChI is InChI=1S/C12H16FN3O3S2/c1-15(2)21(18,19)16-8-20-7-11(16)12(17)14-10-5-3-4-9(13)6-10/h3-6,11H,7-8H2,1-2H3,(H,14,17). The third-order valence-electron chi connectivity index (χ3n) is 2.99. The lowest BCUT2D eigenvalue weighted by molar-refractivity contribution is -0.118. The van der Waals surface area contributed by atoms with Gasteiger partial charge >= 0.3 is 0 Å². The van der Waals surface area contributed by atoms with Crippen molar-refractivity contribution in [2.45, 2.75) is 6.04 Å². The van der Waals surface area contributed by atoms with E-state index in [2.05, 4.69) is 5.32 Å². The van der Waals surface area contributed by atoms with Gasteiger partial charge in [-0.05, 0) is 18.2 Å². The predicted molar refractivity (Wildman–Crippen MR) is 80.6 cm³/mol. The number of hydrogen-bond donors (Lipinski definition) is 1. The average Bonchev–Trinajstić information content (AvgIpc) is 2.88. The lowest BCUT2D eigenvalue weighted by Crippen LogP contribution is -2.48. The summed E-state index contributed by atoms with van der Waals surface area (Å²) in [5.74, 6) is -0.335. The molecule has 1 atom stereocenters. The molecule has 1 N–H and O–H groups in total.